The average Bonchev–Trinajstić information content (AvgIpc) is 3.48. The number of thiophene rings is 1. The number of carbonyl (C=O) groups excluding carboxylic acids is 3. The third kappa shape index (κ3) is 8.80. The van der Waals surface area contributed by atoms with Crippen LogP contribution in [0.5, 0.6) is 0 Å². The van der Waals surface area contributed by atoms with E-state index in [9.17, 15) is 31.6 Å². The number of hydrogen-bond acceptors (Lipinski definition) is 8. The first-order valence-electron chi connectivity index (χ1n) is 13.0. The molecule has 1 saturated heterocycles. The molecule has 16 heteroatoms. The van der Waals surface area contributed by atoms with Crippen LogP contribution >= 0.6 is 11.3 Å². The molecule has 3 rings (SSSR count). The number of amides is 3. The Balaban J connectivity index is 1.89. The van der Waals surface area contributed by atoms with Crippen molar-refractivity contribution >= 4 is 51.0 Å². The Morgan fingerprint density at radius 2 is 1.88 bits per heavy atom. The molecular formula is C26H32F2N6O6S2. The highest BCUT2D eigenvalue weighted by molar-refractivity contribution is 7.89. The quantitative estimate of drug-likeness (QED) is 0.143. The number of nitrogens with one attached hydrogen (secondary N) is 4. The Morgan fingerprint density at radius 3 is 2.48 bits per heavy atom. The number of benzene rings is 1. The van der Waals surface area contributed by atoms with Gasteiger partial charge in [0, 0.05) is 36.5 Å². The van der Waals surface area contributed by atoms with Crippen LogP contribution in [0, 0.1) is 5.41 Å². The zero-order chi connectivity index (χ0) is 30.9. The monoisotopic (exact) mass is 626 g/mol. The summed E-state index contributed by atoms with van der Waals surface area (Å²) in [4.78, 5) is 38.5. The van der Waals surface area contributed by atoms with Crippen molar-refractivity contribution in [3.8, 4) is 10.4 Å². The van der Waals surface area contributed by atoms with Crippen LogP contribution in [0.25, 0.3) is 10.4 Å². The van der Waals surface area contributed by atoms with Gasteiger partial charge >= 0.3 is 6.09 Å². The standard InChI is InChI=1S/C26H32F2N6O6S2/c1-2-21(35)32-22-17(19-8-5-15-41-19)6-3-9-20(22)42(38,39)33-18(7-4-12-31-25(29)40-26(30)37)24(36)34-13-10-16(11-14-34)23(27)28/h3,5-6,8-9,15,18,33H,2,4,7,10-14H2,1H3,(H2,29,31)(H2,30,37)(H,32,35)/t18-/m0/s1. The third-order valence-electron chi connectivity index (χ3n) is 6.39. The van der Waals surface area contributed by atoms with Gasteiger partial charge in [-0.2, -0.15) is 13.5 Å². The molecule has 1 fully saturated rings. The SMILES string of the molecule is CCC(=O)Nc1c(-c2cccs2)cccc1S(=O)(=O)N[C@@H](CCCNC(=N)OC(N)=O)C(=O)N1CCC(=C(F)F)CC1. The fraction of sp³-hybridized carbons (Fsp3) is 0.385. The summed E-state index contributed by atoms with van der Waals surface area (Å²) in [5.41, 5.74) is 5.37. The first-order valence-corrected chi connectivity index (χ1v) is 15.4. The molecule has 0 bridgehead atoms. The van der Waals surface area contributed by atoms with Crippen LogP contribution in [0.2, 0.25) is 0 Å². The summed E-state index contributed by atoms with van der Waals surface area (Å²) in [6, 6.07) is 6.18. The first-order chi connectivity index (χ1) is 19.9. The van der Waals surface area contributed by atoms with E-state index in [2.05, 4.69) is 20.1 Å². The highest BCUT2D eigenvalue weighted by Gasteiger charge is 2.33. The van der Waals surface area contributed by atoms with Crippen LogP contribution in [-0.4, -0.2) is 62.9 Å². The van der Waals surface area contributed by atoms with Crippen LogP contribution in [0.1, 0.15) is 39.0 Å². The number of halogens is 2. The van der Waals surface area contributed by atoms with E-state index >= 15 is 0 Å². The van der Waals surface area contributed by atoms with Gasteiger partial charge in [-0.25, -0.2) is 13.2 Å². The molecule has 0 spiro atoms. The van der Waals surface area contributed by atoms with Gasteiger partial charge in [-0.1, -0.05) is 25.1 Å². The lowest BCUT2D eigenvalue weighted by molar-refractivity contribution is -0.133. The molecule has 228 valence electrons. The second-order valence-corrected chi connectivity index (χ2v) is 11.9. The zero-order valence-corrected chi connectivity index (χ0v) is 24.4. The molecule has 0 unspecified atom stereocenters. The lowest BCUT2D eigenvalue weighted by Gasteiger charge is -2.31. The molecule has 1 aliphatic rings. The van der Waals surface area contributed by atoms with E-state index in [0.29, 0.717) is 5.56 Å². The molecule has 3 amide bonds. The molecule has 0 saturated carbocycles. The number of hydrogen-bond donors (Lipinski definition) is 5. The van der Waals surface area contributed by atoms with Gasteiger partial charge in [0.05, 0.1) is 5.69 Å². The van der Waals surface area contributed by atoms with E-state index in [-0.39, 0.29) is 67.9 Å². The highest BCUT2D eigenvalue weighted by Crippen LogP contribution is 2.36. The van der Waals surface area contributed by atoms with E-state index in [4.69, 9.17) is 11.1 Å². The van der Waals surface area contributed by atoms with Gasteiger partial charge in [0.2, 0.25) is 21.8 Å². The minimum absolute atomic E-state index is 0.00917. The molecule has 1 atom stereocenters. The van der Waals surface area contributed by atoms with Gasteiger partial charge < -0.3 is 26.0 Å². The van der Waals surface area contributed by atoms with E-state index in [1.807, 2.05) is 5.38 Å². The maximum absolute atomic E-state index is 13.8. The number of rotatable bonds is 11. The maximum Gasteiger partial charge on any atom is 0.412 e. The van der Waals surface area contributed by atoms with Gasteiger partial charge in [0.1, 0.15) is 10.9 Å². The number of likely N-dealkylation sites (tertiary alicyclic amines) is 1. The van der Waals surface area contributed by atoms with Gasteiger partial charge in [-0.3, -0.25) is 15.0 Å². The summed E-state index contributed by atoms with van der Waals surface area (Å²) in [6.45, 7) is 1.64. The number of amidine groups is 1. The van der Waals surface area contributed by atoms with Crippen molar-refractivity contribution in [3.63, 3.8) is 0 Å². The van der Waals surface area contributed by atoms with Crippen LogP contribution in [0.15, 0.2) is 52.3 Å². The van der Waals surface area contributed by atoms with Gasteiger partial charge in [-0.05, 0) is 48.8 Å². The maximum atomic E-state index is 13.8. The molecule has 0 radical (unpaired) electrons. The predicted molar refractivity (Wildman–Crippen MR) is 153 cm³/mol. The summed E-state index contributed by atoms with van der Waals surface area (Å²) in [5.74, 6) is -1.01. The van der Waals surface area contributed by atoms with Crippen LogP contribution in [0.4, 0.5) is 19.3 Å². The van der Waals surface area contributed by atoms with Gasteiger partial charge in [-0.15, -0.1) is 11.3 Å². The summed E-state index contributed by atoms with van der Waals surface area (Å²) >= 11 is 1.36. The predicted octanol–water partition coefficient (Wildman–Crippen LogP) is 3.58. The van der Waals surface area contributed by atoms with E-state index in [1.165, 1.54) is 28.4 Å². The second kappa shape index (κ2) is 14.8. The number of ether oxygens (including phenoxy) is 1. The lowest BCUT2D eigenvalue weighted by Crippen LogP contribution is -2.50. The summed E-state index contributed by atoms with van der Waals surface area (Å²) in [5, 5.41) is 14.5. The molecule has 2 aromatic rings. The number of carbonyl (C=O) groups is 3. The molecule has 42 heavy (non-hydrogen) atoms. The fourth-order valence-electron chi connectivity index (χ4n) is 4.28. The lowest BCUT2D eigenvalue weighted by atomic mass is 10.0. The topological polar surface area (TPSA) is 184 Å². The molecule has 6 N–H and O–H groups in total. The molecule has 1 aromatic heterocycles. The van der Waals surface area contributed by atoms with Crippen LogP contribution in [0.3, 0.4) is 0 Å². The largest absolute Gasteiger partial charge is 0.412 e. The number of nitrogens with zero attached hydrogens (tertiary/aromatic N) is 1. The number of nitrogens with two attached hydrogens (primary N) is 1. The van der Waals surface area contributed by atoms with Crippen molar-refractivity contribution in [2.75, 3.05) is 25.0 Å². The summed E-state index contributed by atoms with van der Waals surface area (Å²) in [6.07, 6.45) is -2.84. The van der Waals surface area contributed by atoms with Crippen molar-refractivity contribution in [1.29, 1.82) is 5.41 Å². The summed E-state index contributed by atoms with van der Waals surface area (Å²) in [7, 11) is -4.42. The van der Waals surface area contributed by atoms with Crippen molar-refractivity contribution < 1.29 is 36.3 Å². The van der Waals surface area contributed by atoms with Crippen LogP contribution in [-0.2, 0) is 24.3 Å². The minimum Gasteiger partial charge on any atom is -0.376 e. The summed E-state index contributed by atoms with van der Waals surface area (Å²) < 4.78 is 60.5. The van der Waals surface area contributed by atoms with Crippen molar-refractivity contribution in [3.05, 3.63) is 47.4 Å². The number of primary amides is 1. The van der Waals surface area contributed by atoms with Gasteiger partial charge in [0.15, 0.2) is 0 Å². The van der Waals surface area contributed by atoms with Crippen molar-refractivity contribution in [2.45, 2.75) is 50.0 Å². The molecule has 12 nitrogen and oxygen atoms in total. The molecule has 0 aliphatic carbocycles. The smallest absolute Gasteiger partial charge is 0.376 e. The van der Waals surface area contributed by atoms with Gasteiger partial charge in [0.25, 0.3) is 12.1 Å². The Morgan fingerprint density at radius 1 is 1.17 bits per heavy atom. The van der Waals surface area contributed by atoms with Crippen molar-refractivity contribution in [2.24, 2.45) is 5.73 Å². The second-order valence-electron chi connectivity index (χ2n) is 9.24. The first kappa shape index (κ1) is 32.6. The van der Waals surface area contributed by atoms with E-state index in [1.54, 1.807) is 25.1 Å². The average molecular weight is 627 g/mol. The minimum atomic E-state index is -4.42. The Bertz CT molecular complexity index is 1440. The fourth-order valence-corrected chi connectivity index (χ4v) is 6.45. The normalized spacial score (nSPS) is 14.2. The molecule has 1 aliphatic heterocycles. The Hall–Kier alpha value is -3.89. The van der Waals surface area contributed by atoms with Crippen LogP contribution < -0.4 is 21.1 Å². The number of para-hydroxylation sites is 1. The zero-order valence-electron chi connectivity index (χ0n) is 22.7. The highest BCUT2D eigenvalue weighted by atomic mass is 32.2. The third-order valence-corrected chi connectivity index (χ3v) is 8.80. The molecule has 1 aromatic carbocycles. The van der Waals surface area contributed by atoms with Crippen molar-refractivity contribution in [1.82, 2.24) is 14.9 Å². The molecule has 2 heterocycles. The number of piperidine rings is 1. The Labute approximate surface area is 245 Å². The Kier molecular flexibility index (Phi) is 11.5. The molecular weight excluding hydrogens is 594 g/mol. The van der Waals surface area contributed by atoms with E-state index in [0.717, 1.165) is 4.88 Å². The number of sulfonamides is 1. The van der Waals surface area contributed by atoms with E-state index < -0.39 is 46.1 Å². The number of anilines is 1.